The first-order valence-corrected chi connectivity index (χ1v) is 16.7. The number of pyridine rings is 3. The van der Waals surface area contributed by atoms with Gasteiger partial charge < -0.3 is 29.5 Å². The molecule has 4 aromatic heterocycles. The van der Waals surface area contributed by atoms with Crippen LogP contribution in [0.5, 0.6) is 11.6 Å². The van der Waals surface area contributed by atoms with Gasteiger partial charge in [-0.3, -0.25) is 9.78 Å². The predicted octanol–water partition coefficient (Wildman–Crippen LogP) is 6.22. The fourth-order valence-electron chi connectivity index (χ4n) is 6.19. The van der Waals surface area contributed by atoms with Crippen molar-refractivity contribution in [1.82, 2.24) is 34.4 Å². The SMILES string of the molecule is CCOc1cc(-c2nccc(-c3cccc(-c4ccc(CN(C(=O)O)C5CCN(C(C)=O)CC5)c(OC)n4)c3Cl)c2Cl)cn2nc(CO)nc12. The summed E-state index contributed by atoms with van der Waals surface area (Å²) >= 11 is 14.1. The largest absolute Gasteiger partial charge is 0.490 e. The Morgan fingerprint density at radius 1 is 1.04 bits per heavy atom. The Morgan fingerprint density at radius 2 is 1.78 bits per heavy atom. The molecular weight excluding hydrogens is 685 g/mol. The molecule has 0 saturated carbocycles. The number of methoxy groups -OCH3 is 1. The molecule has 50 heavy (non-hydrogen) atoms. The van der Waals surface area contributed by atoms with Crippen molar-refractivity contribution in [1.29, 1.82) is 0 Å². The lowest BCUT2D eigenvalue weighted by Gasteiger charge is -2.37. The second-order valence-corrected chi connectivity index (χ2v) is 12.4. The first kappa shape index (κ1) is 34.9. The van der Waals surface area contributed by atoms with Crippen LogP contribution in [0.4, 0.5) is 4.79 Å². The van der Waals surface area contributed by atoms with Crippen LogP contribution in [0.1, 0.15) is 38.1 Å². The summed E-state index contributed by atoms with van der Waals surface area (Å²) in [5, 5.41) is 24.7. The Bertz CT molecular complexity index is 2070. The second-order valence-electron chi connectivity index (χ2n) is 11.7. The summed E-state index contributed by atoms with van der Waals surface area (Å²) in [5.41, 5.74) is 4.57. The quantitative estimate of drug-likeness (QED) is 0.170. The lowest BCUT2D eigenvalue weighted by molar-refractivity contribution is -0.130. The van der Waals surface area contributed by atoms with Gasteiger partial charge in [-0.2, -0.15) is 0 Å². The molecule has 0 aliphatic carbocycles. The number of carbonyl (C=O) groups is 2. The molecule has 1 aliphatic heterocycles. The molecule has 0 unspecified atom stereocenters. The van der Waals surface area contributed by atoms with Gasteiger partial charge in [0.25, 0.3) is 0 Å². The van der Waals surface area contributed by atoms with Crippen molar-refractivity contribution >= 4 is 40.8 Å². The number of halogens is 2. The van der Waals surface area contributed by atoms with Crippen molar-refractivity contribution in [2.24, 2.45) is 0 Å². The molecule has 260 valence electrons. The highest BCUT2D eigenvalue weighted by Crippen LogP contribution is 2.42. The number of aliphatic hydroxyl groups is 1. The first-order valence-electron chi connectivity index (χ1n) is 16.0. The van der Waals surface area contributed by atoms with Crippen molar-refractivity contribution in [2.75, 3.05) is 26.8 Å². The van der Waals surface area contributed by atoms with Gasteiger partial charge in [-0.05, 0) is 44.0 Å². The maximum absolute atomic E-state index is 12.3. The molecule has 5 aromatic rings. The smallest absolute Gasteiger partial charge is 0.407 e. The summed E-state index contributed by atoms with van der Waals surface area (Å²) in [6, 6.07) is 12.4. The number of hydrogen-bond donors (Lipinski definition) is 2. The van der Waals surface area contributed by atoms with Gasteiger partial charge in [0, 0.05) is 66.3 Å². The van der Waals surface area contributed by atoms with E-state index in [2.05, 4.69) is 15.1 Å². The zero-order valence-electron chi connectivity index (χ0n) is 27.6. The molecule has 0 radical (unpaired) electrons. The topological polar surface area (TPSA) is 156 Å². The fourth-order valence-corrected chi connectivity index (χ4v) is 6.84. The maximum atomic E-state index is 12.3. The van der Waals surface area contributed by atoms with Crippen LogP contribution in [0.15, 0.2) is 54.9 Å². The summed E-state index contributed by atoms with van der Waals surface area (Å²) in [6.07, 6.45) is 3.41. The number of nitrogens with zero attached hydrogens (tertiary/aromatic N) is 7. The van der Waals surface area contributed by atoms with E-state index in [0.717, 1.165) is 0 Å². The van der Waals surface area contributed by atoms with Gasteiger partial charge in [0.05, 0.1) is 41.7 Å². The molecule has 0 atom stereocenters. The molecule has 1 aromatic carbocycles. The number of aromatic nitrogens is 5. The van der Waals surface area contributed by atoms with Crippen molar-refractivity contribution in [3.8, 4) is 45.3 Å². The average molecular weight is 721 g/mol. The number of carbonyl (C=O) groups excluding carboxylic acids is 1. The number of rotatable bonds is 10. The highest BCUT2D eigenvalue weighted by Gasteiger charge is 2.30. The molecular formula is C35H35Cl2N7O6. The Labute approximate surface area is 298 Å². The van der Waals surface area contributed by atoms with Crippen LogP contribution in [0.2, 0.25) is 10.0 Å². The first-order chi connectivity index (χ1) is 24.1. The molecule has 13 nitrogen and oxygen atoms in total. The lowest BCUT2D eigenvalue weighted by Crippen LogP contribution is -2.47. The molecule has 1 fully saturated rings. The van der Waals surface area contributed by atoms with E-state index in [1.807, 2.05) is 25.1 Å². The molecule has 1 saturated heterocycles. The Morgan fingerprint density at radius 3 is 2.46 bits per heavy atom. The van der Waals surface area contributed by atoms with E-state index in [1.54, 1.807) is 41.6 Å². The second kappa shape index (κ2) is 14.9. The van der Waals surface area contributed by atoms with Gasteiger partial charge in [0.2, 0.25) is 11.8 Å². The van der Waals surface area contributed by atoms with Crippen LogP contribution in [0, 0.1) is 0 Å². The van der Waals surface area contributed by atoms with Gasteiger partial charge in [-0.25, -0.2) is 19.3 Å². The third kappa shape index (κ3) is 6.89. The number of aliphatic hydroxyl groups excluding tert-OH is 1. The molecule has 0 spiro atoms. The third-order valence-corrected chi connectivity index (χ3v) is 9.47. The van der Waals surface area contributed by atoms with Crippen molar-refractivity contribution in [3.63, 3.8) is 0 Å². The highest BCUT2D eigenvalue weighted by molar-refractivity contribution is 6.39. The summed E-state index contributed by atoms with van der Waals surface area (Å²) in [7, 11) is 1.49. The molecule has 0 bridgehead atoms. The standard InChI is InChI=1S/C35H35Cl2N7O6/c1-4-50-28-16-22(18-44-33(28)40-29(19-45)41-44)32-31(37)25(10-13-38-32)24-6-5-7-26(30(24)36)27-9-8-21(34(39-27)49-3)17-43(35(47)48)23-11-14-42(15-12-23)20(2)46/h5-10,13,16,18,23,45H,4,11-12,14-15,17,19H2,1-3H3,(H,47,48). The fraction of sp³-hybridized carbons (Fsp3) is 0.314. The summed E-state index contributed by atoms with van der Waals surface area (Å²) in [5.74, 6) is 0.982. The summed E-state index contributed by atoms with van der Waals surface area (Å²) < 4.78 is 13.0. The van der Waals surface area contributed by atoms with E-state index in [-0.39, 0.29) is 36.8 Å². The van der Waals surface area contributed by atoms with Gasteiger partial charge in [0.15, 0.2) is 17.2 Å². The molecule has 15 heteroatoms. The Kier molecular flexibility index (Phi) is 10.4. The summed E-state index contributed by atoms with van der Waals surface area (Å²) in [4.78, 5) is 40.8. The van der Waals surface area contributed by atoms with E-state index in [4.69, 9.17) is 37.7 Å². The van der Waals surface area contributed by atoms with Crippen LogP contribution in [0.25, 0.3) is 39.3 Å². The van der Waals surface area contributed by atoms with Crippen molar-refractivity contribution in [3.05, 3.63) is 76.3 Å². The minimum Gasteiger partial charge on any atom is -0.490 e. The Hall–Kier alpha value is -4.98. The van der Waals surface area contributed by atoms with E-state index in [1.165, 1.54) is 23.4 Å². The van der Waals surface area contributed by atoms with Gasteiger partial charge >= 0.3 is 6.09 Å². The number of fused-ring (bicyclic) bond motifs is 1. The number of piperidine rings is 1. The van der Waals surface area contributed by atoms with Crippen LogP contribution in [-0.4, -0.2) is 89.4 Å². The average Bonchev–Trinajstić information content (AvgIpc) is 3.55. The van der Waals surface area contributed by atoms with Crippen LogP contribution >= 0.6 is 23.2 Å². The van der Waals surface area contributed by atoms with Crippen molar-refractivity contribution < 1.29 is 29.3 Å². The van der Waals surface area contributed by atoms with Gasteiger partial charge in [-0.15, -0.1) is 5.10 Å². The van der Waals surface area contributed by atoms with E-state index >= 15 is 0 Å². The van der Waals surface area contributed by atoms with E-state index in [9.17, 15) is 19.8 Å². The molecule has 5 heterocycles. The lowest BCUT2D eigenvalue weighted by atomic mass is 9.99. The maximum Gasteiger partial charge on any atom is 0.407 e. The van der Waals surface area contributed by atoms with Crippen molar-refractivity contribution in [2.45, 2.75) is 45.9 Å². The zero-order chi connectivity index (χ0) is 35.5. The highest BCUT2D eigenvalue weighted by atomic mass is 35.5. The Balaban J connectivity index is 1.32. The zero-order valence-corrected chi connectivity index (χ0v) is 29.1. The third-order valence-electron chi connectivity index (χ3n) is 8.68. The molecule has 6 rings (SSSR count). The summed E-state index contributed by atoms with van der Waals surface area (Å²) in [6.45, 7) is 4.54. The number of benzene rings is 1. The predicted molar refractivity (Wildman–Crippen MR) is 187 cm³/mol. The number of ether oxygens (including phenoxy) is 2. The van der Waals surface area contributed by atoms with Gasteiger partial charge in [0.1, 0.15) is 6.61 Å². The van der Waals surface area contributed by atoms with Gasteiger partial charge in [-0.1, -0.05) is 41.4 Å². The molecule has 2 N–H and O–H groups in total. The number of carboxylic acid groups (broad SMARTS) is 1. The number of amides is 2. The van der Waals surface area contributed by atoms with E-state index < -0.39 is 6.09 Å². The minimum absolute atomic E-state index is 0.0137. The van der Waals surface area contributed by atoms with Crippen LogP contribution < -0.4 is 9.47 Å². The number of likely N-dealkylation sites (tertiary alicyclic amines) is 1. The molecule has 2 amide bonds. The minimum atomic E-state index is -1.05. The van der Waals surface area contributed by atoms with Crippen LogP contribution in [-0.2, 0) is 17.9 Å². The number of hydrogen-bond acceptors (Lipinski definition) is 9. The monoisotopic (exact) mass is 719 g/mol. The molecule has 1 aliphatic rings. The normalized spacial score (nSPS) is 13.4. The van der Waals surface area contributed by atoms with E-state index in [0.29, 0.717) is 93.2 Å². The van der Waals surface area contributed by atoms with Crippen LogP contribution in [0.3, 0.4) is 0 Å².